The molecule has 2 aromatic heterocycles. The Labute approximate surface area is 175 Å². The molecule has 10 heteroatoms. The number of carbonyl (C=O) groups is 2. The highest BCUT2D eigenvalue weighted by molar-refractivity contribution is 7.13. The van der Waals surface area contributed by atoms with Crippen molar-refractivity contribution in [1.82, 2.24) is 15.3 Å². The highest BCUT2D eigenvalue weighted by atomic mass is 35.5. The normalized spacial score (nSPS) is 15.1. The third kappa shape index (κ3) is 4.15. The summed E-state index contributed by atoms with van der Waals surface area (Å²) in [5.74, 6) is 0.430. The Morgan fingerprint density at radius 1 is 1.28 bits per heavy atom. The van der Waals surface area contributed by atoms with Crippen LogP contribution < -0.4 is 21.1 Å². The number of rotatable bonds is 4. The SMILES string of the molecule is NC(=O)c1ccc(-c2nc(NC(=O)N[C@H]3CCOc4c(Cl)cccc43)cs2)cn1. The van der Waals surface area contributed by atoms with Gasteiger partial charge in [0.2, 0.25) is 0 Å². The predicted molar refractivity (Wildman–Crippen MR) is 110 cm³/mol. The molecule has 148 valence electrons. The number of hydrogen-bond donors (Lipinski definition) is 3. The zero-order chi connectivity index (χ0) is 20.4. The van der Waals surface area contributed by atoms with Gasteiger partial charge in [-0.25, -0.2) is 9.78 Å². The Balaban J connectivity index is 1.43. The lowest BCUT2D eigenvalue weighted by Crippen LogP contribution is -2.35. The number of aromatic nitrogens is 2. The first-order valence-electron chi connectivity index (χ1n) is 8.72. The van der Waals surface area contributed by atoms with Gasteiger partial charge in [-0.2, -0.15) is 0 Å². The number of para-hydroxylation sites is 1. The minimum Gasteiger partial charge on any atom is -0.492 e. The van der Waals surface area contributed by atoms with Gasteiger partial charge < -0.3 is 15.8 Å². The molecule has 0 saturated carbocycles. The number of nitrogens with one attached hydrogen (secondary N) is 2. The van der Waals surface area contributed by atoms with Crippen LogP contribution in [0.2, 0.25) is 5.02 Å². The summed E-state index contributed by atoms with van der Waals surface area (Å²) in [7, 11) is 0. The Kier molecular flexibility index (Phi) is 5.32. The second kappa shape index (κ2) is 8.06. The molecule has 1 aliphatic rings. The van der Waals surface area contributed by atoms with Crippen LogP contribution in [0.4, 0.5) is 10.6 Å². The van der Waals surface area contributed by atoms with Crippen LogP contribution in [0, 0.1) is 0 Å². The maximum atomic E-state index is 12.4. The molecule has 1 aromatic carbocycles. The van der Waals surface area contributed by atoms with Crippen LogP contribution in [-0.2, 0) is 0 Å². The summed E-state index contributed by atoms with van der Waals surface area (Å²) in [6.45, 7) is 0.469. The molecule has 3 heterocycles. The van der Waals surface area contributed by atoms with Crippen LogP contribution in [0.25, 0.3) is 10.6 Å². The van der Waals surface area contributed by atoms with E-state index in [1.165, 1.54) is 23.6 Å². The predicted octanol–water partition coefficient (Wildman–Crippen LogP) is 3.60. The van der Waals surface area contributed by atoms with Crippen LogP contribution in [0.3, 0.4) is 0 Å². The molecule has 29 heavy (non-hydrogen) atoms. The average Bonchev–Trinajstić information content (AvgIpc) is 3.17. The van der Waals surface area contributed by atoms with Gasteiger partial charge in [-0.15, -0.1) is 11.3 Å². The van der Waals surface area contributed by atoms with Crippen LogP contribution in [0.1, 0.15) is 28.5 Å². The van der Waals surface area contributed by atoms with E-state index < -0.39 is 5.91 Å². The van der Waals surface area contributed by atoms with Gasteiger partial charge >= 0.3 is 6.03 Å². The number of amides is 3. The van der Waals surface area contributed by atoms with Crippen LogP contribution in [0.5, 0.6) is 5.75 Å². The van der Waals surface area contributed by atoms with E-state index in [1.54, 1.807) is 17.5 Å². The monoisotopic (exact) mass is 429 g/mol. The molecule has 1 atom stereocenters. The maximum absolute atomic E-state index is 12.4. The molecule has 1 aliphatic heterocycles. The molecular weight excluding hydrogens is 414 g/mol. The third-order valence-electron chi connectivity index (χ3n) is 4.34. The number of pyridine rings is 1. The molecule has 0 bridgehead atoms. The minimum absolute atomic E-state index is 0.180. The van der Waals surface area contributed by atoms with Crippen LogP contribution >= 0.6 is 22.9 Å². The van der Waals surface area contributed by atoms with Crippen molar-refractivity contribution < 1.29 is 14.3 Å². The number of carbonyl (C=O) groups excluding carboxylic acids is 2. The fraction of sp³-hybridized carbons (Fsp3) is 0.158. The highest BCUT2D eigenvalue weighted by Crippen LogP contribution is 2.37. The Hall–Kier alpha value is -3.17. The van der Waals surface area contributed by atoms with Crippen molar-refractivity contribution >= 4 is 40.7 Å². The second-order valence-corrected chi connectivity index (χ2v) is 7.55. The second-order valence-electron chi connectivity index (χ2n) is 6.28. The van der Waals surface area contributed by atoms with Crippen LogP contribution in [0.15, 0.2) is 41.9 Å². The van der Waals surface area contributed by atoms with Crippen LogP contribution in [-0.4, -0.2) is 28.5 Å². The van der Waals surface area contributed by atoms with Gasteiger partial charge in [-0.05, 0) is 18.2 Å². The number of anilines is 1. The number of ether oxygens (including phenoxy) is 1. The number of nitrogens with two attached hydrogens (primary N) is 1. The molecule has 0 spiro atoms. The number of hydrogen-bond acceptors (Lipinski definition) is 6. The summed E-state index contributed by atoms with van der Waals surface area (Å²) in [6.07, 6.45) is 2.16. The van der Waals surface area contributed by atoms with Gasteiger partial charge in [0, 0.05) is 29.1 Å². The lowest BCUT2D eigenvalue weighted by atomic mass is 10.0. The Morgan fingerprint density at radius 2 is 2.14 bits per heavy atom. The summed E-state index contributed by atoms with van der Waals surface area (Å²) in [5, 5.41) is 8.58. The molecule has 3 aromatic rings. The Morgan fingerprint density at radius 3 is 2.90 bits per heavy atom. The van der Waals surface area contributed by atoms with Gasteiger partial charge in [0.05, 0.1) is 17.7 Å². The summed E-state index contributed by atoms with van der Waals surface area (Å²) < 4.78 is 5.61. The highest BCUT2D eigenvalue weighted by Gasteiger charge is 2.25. The number of fused-ring (bicyclic) bond motifs is 1. The molecule has 3 amide bonds. The number of benzene rings is 1. The van der Waals surface area contributed by atoms with Crippen molar-refractivity contribution in [3.63, 3.8) is 0 Å². The van der Waals surface area contributed by atoms with E-state index in [9.17, 15) is 9.59 Å². The first kappa shape index (κ1) is 19.2. The summed E-state index contributed by atoms with van der Waals surface area (Å²) in [5.41, 5.74) is 6.94. The van der Waals surface area contributed by atoms with Crippen molar-refractivity contribution in [2.75, 3.05) is 11.9 Å². The maximum Gasteiger partial charge on any atom is 0.320 e. The molecule has 0 fully saturated rings. The summed E-state index contributed by atoms with van der Waals surface area (Å²) in [6, 6.07) is 8.13. The fourth-order valence-corrected chi connectivity index (χ4v) is 3.96. The number of urea groups is 1. The van der Waals surface area contributed by atoms with E-state index in [4.69, 9.17) is 22.1 Å². The first-order valence-corrected chi connectivity index (χ1v) is 9.97. The van der Waals surface area contributed by atoms with Gasteiger partial charge in [-0.3, -0.25) is 15.1 Å². The molecule has 8 nitrogen and oxygen atoms in total. The molecule has 4 N–H and O–H groups in total. The summed E-state index contributed by atoms with van der Waals surface area (Å²) >= 11 is 7.52. The zero-order valence-corrected chi connectivity index (χ0v) is 16.6. The third-order valence-corrected chi connectivity index (χ3v) is 5.53. The first-order chi connectivity index (χ1) is 14.0. The molecule has 4 rings (SSSR count). The van der Waals surface area contributed by atoms with Gasteiger partial charge in [-0.1, -0.05) is 23.7 Å². The van der Waals surface area contributed by atoms with E-state index >= 15 is 0 Å². The molecule has 0 radical (unpaired) electrons. The van der Waals surface area contributed by atoms with Crippen molar-refractivity contribution in [1.29, 1.82) is 0 Å². The number of primary amides is 1. The minimum atomic E-state index is -0.592. The van der Waals surface area contributed by atoms with Gasteiger partial charge in [0.1, 0.15) is 22.3 Å². The fourth-order valence-electron chi connectivity index (χ4n) is 2.98. The zero-order valence-electron chi connectivity index (χ0n) is 15.0. The van der Waals surface area contributed by atoms with Gasteiger partial charge in [0.15, 0.2) is 0 Å². The van der Waals surface area contributed by atoms with E-state index in [-0.39, 0.29) is 17.8 Å². The average molecular weight is 430 g/mol. The van der Waals surface area contributed by atoms with E-state index in [2.05, 4.69) is 20.6 Å². The van der Waals surface area contributed by atoms with Crippen molar-refractivity contribution in [3.8, 4) is 16.3 Å². The number of thiazole rings is 1. The summed E-state index contributed by atoms with van der Waals surface area (Å²) in [4.78, 5) is 31.9. The standard InChI is InChI=1S/C19H16ClN5O3S/c20-12-3-1-2-11-13(6-7-28-16(11)12)23-19(27)25-15-9-29-18(24-15)10-4-5-14(17(21)26)22-8-10/h1-5,8-9,13H,6-7H2,(H2,21,26)(H2,23,25,27)/t13-/m0/s1. The quantitative estimate of drug-likeness (QED) is 0.585. The van der Waals surface area contributed by atoms with E-state index in [0.29, 0.717) is 34.6 Å². The number of nitrogens with zero attached hydrogens (tertiary/aromatic N) is 2. The van der Waals surface area contributed by atoms with Crippen molar-refractivity contribution in [2.24, 2.45) is 5.73 Å². The molecule has 0 aliphatic carbocycles. The van der Waals surface area contributed by atoms with Crippen molar-refractivity contribution in [2.45, 2.75) is 12.5 Å². The van der Waals surface area contributed by atoms with Crippen molar-refractivity contribution in [3.05, 3.63) is 58.2 Å². The smallest absolute Gasteiger partial charge is 0.320 e. The lowest BCUT2D eigenvalue weighted by Gasteiger charge is -2.27. The van der Waals surface area contributed by atoms with Gasteiger partial charge in [0.25, 0.3) is 5.91 Å². The Bertz CT molecular complexity index is 1070. The van der Waals surface area contributed by atoms with E-state index in [0.717, 1.165) is 11.1 Å². The van der Waals surface area contributed by atoms with E-state index in [1.807, 2.05) is 12.1 Å². The number of halogens is 1. The lowest BCUT2D eigenvalue weighted by molar-refractivity contribution is 0.0995. The topological polar surface area (TPSA) is 119 Å². The molecule has 0 unspecified atom stereocenters. The molecular formula is C19H16ClN5O3S. The largest absolute Gasteiger partial charge is 0.492 e. The molecule has 0 saturated heterocycles.